The molecule has 0 N–H and O–H groups in total. The Balaban J connectivity index is 2.35. The van der Waals surface area contributed by atoms with Crippen LogP contribution in [0, 0.1) is 6.92 Å². The minimum absolute atomic E-state index is 0.171. The molecule has 5 nitrogen and oxygen atoms in total. The van der Waals surface area contributed by atoms with E-state index >= 15 is 0 Å². The van der Waals surface area contributed by atoms with Crippen LogP contribution in [0.2, 0.25) is 0 Å². The molecule has 1 rings (SSSR count). The fourth-order valence-corrected chi connectivity index (χ4v) is 1.86. The molecule has 0 atom stereocenters. The van der Waals surface area contributed by atoms with Gasteiger partial charge in [0.25, 0.3) is 0 Å². The Bertz CT molecular complexity index is 482. The summed E-state index contributed by atoms with van der Waals surface area (Å²) in [5, 5.41) is 0. The topological polar surface area (TPSA) is 61.8 Å². The van der Waals surface area contributed by atoms with Gasteiger partial charge in [-0.05, 0) is 50.5 Å². The zero-order valence-electron chi connectivity index (χ0n) is 12.8. The zero-order valence-corrected chi connectivity index (χ0v) is 12.8. The Morgan fingerprint density at radius 3 is 2.57 bits per heavy atom. The summed E-state index contributed by atoms with van der Waals surface area (Å²) >= 11 is 0. The van der Waals surface area contributed by atoms with Crippen LogP contribution in [0.3, 0.4) is 0 Å². The highest BCUT2D eigenvalue weighted by Crippen LogP contribution is 2.18. The molecule has 0 unspecified atom stereocenters. The predicted molar refractivity (Wildman–Crippen MR) is 78.5 cm³/mol. The normalized spacial score (nSPS) is 10.0. The molecule has 0 radical (unpaired) electrons. The van der Waals surface area contributed by atoms with Crippen LogP contribution in [0.15, 0.2) is 18.2 Å². The molecule has 0 fully saturated rings. The molecular weight excluding hydrogens is 272 g/mol. The van der Waals surface area contributed by atoms with Gasteiger partial charge in [0.1, 0.15) is 5.75 Å². The molecular formula is C16H22O5. The van der Waals surface area contributed by atoms with E-state index in [-0.39, 0.29) is 11.9 Å². The molecule has 0 aliphatic carbocycles. The van der Waals surface area contributed by atoms with E-state index in [4.69, 9.17) is 9.47 Å². The molecule has 0 bridgehead atoms. The molecule has 116 valence electrons. The SMILES string of the molecule is CCOC(=O)CCCCOc1ccc(C(=O)OC)c(C)c1. The van der Waals surface area contributed by atoms with Gasteiger partial charge in [0.05, 0.1) is 25.9 Å². The van der Waals surface area contributed by atoms with E-state index in [1.54, 1.807) is 25.1 Å². The quantitative estimate of drug-likeness (QED) is 0.545. The Kier molecular flexibility index (Phi) is 7.29. The monoisotopic (exact) mass is 294 g/mol. The number of benzene rings is 1. The summed E-state index contributed by atoms with van der Waals surface area (Å²) in [5.74, 6) is 0.181. The summed E-state index contributed by atoms with van der Waals surface area (Å²) in [4.78, 5) is 22.6. The van der Waals surface area contributed by atoms with Crippen molar-refractivity contribution in [1.82, 2.24) is 0 Å². The second-order valence-corrected chi connectivity index (χ2v) is 4.58. The van der Waals surface area contributed by atoms with E-state index < -0.39 is 0 Å². The van der Waals surface area contributed by atoms with Crippen molar-refractivity contribution in [1.29, 1.82) is 0 Å². The first kappa shape index (κ1) is 17.0. The van der Waals surface area contributed by atoms with Crippen molar-refractivity contribution in [3.05, 3.63) is 29.3 Å². The molecule has 0 spiro atoms. The summed E-state index contributed by atoms with van der Waals surface area (Å²) in [6.45, 7) is 4.57. The predicted octanol–water partition coefficient (Wildman–Crippen LogP) is 2.89. The van der Waals surface area contributed by atoms with Crippen molar-refractivity contribution in [2.45, 2.75) is 33.1 Å². The van der Waals surface area contributed by atoms with Gasteiger partial charge in [-0.1, -0.05) is 0 Å². The highest BCUT2D eigenvalue weighted by atomic mass is 16.5. The standard InChI is InChI=1S/C16H22O5/c1-4-20-15(17)7-5-6-10-21-13-8-9-14(12(2)11-13)16(18)19-3/h8-9,11H,4-7,10H2,1-3H3. The number of carbonyl (C=O) groups excluding carboxylic acids is 2. The maximum Gasteiger partial charge on any atom is 0.338 e. The van der Waals surface area contributed by atoms with Gasteiger partial charge in [-0.15, -0.1) is 0 Å². The highest BCUT2D eigenvalue weighted by molar-refractivity contribution is 5.91. The molecule has 0 aromatic heterocycles. The number of hydrogen-bond donors (Lipinski definition) is 0. The average molecular weight is 294 g/mol. The van der Waals surface area contributed by atoms with Crippen LogP contribution >= 0.6 is 0 Å². The van der Waals surface area contributed by atoms with Gasteiger partial charge in [-0.2, -0.15) is 0 Å². The second kappa shape index (κ2) is 9.00. The third-order valence-electron chi connectivity index (χ3n) is 2.95. The minimum Gasteiger partial charge on any atom is -0.494 e. The highest BCUT2D eigenvalue weighted by Gasteiger charge is 2.09. The molecule has 21 heavy (non-hydrogen) atoms. The third kappa shape index (κ3) is 5.85. The number of ether oxygens (including phenoxy) is 3. The van der Waals surface area contributed by atoms with Crippen LogP contribution < -0.4 is 4.74 Å². The molecule has 1 aromatic rings. The van der Waals surface area contributed by atoms with Gasteiger partial charge in [0, 0.05) is 6.42 Å². The fourth-order valence-electron chi connectivity index (χ4n) is 1.86. The van der Waals surface area contributed by atoms with E-state index in [2.05, 4.69) is 4.74 Å². The summed E-state index contributed by atoms with van der Waals surface area (Å²) in [6, 6.07) is 5.23. The molecule has 0 saturated heterocycles. The summed E-state index contributed by atoms with van der Waals surface area (Å²) in [6.07, 6.45) is 1.92. The average Bonchev–Trinajstić information content (AvgIpc) is 2.46. The number of unbranched alkanes of at least 4 members (excludes halogenated alkanes) is 1. The van der Waals surface area contributed by atoms with Gasteiger partial charge >= 0.3 is 11.9 Å². The molecule has 1 aromatic carbocycles. The van der Waals surface area contributed by atoms with Gasteiger partial charge in [0.2, 0.25) is 0 Å². The van der Waals surface area contributed by atoms with Crippen molar-refractivity contribution < 1.29 is 23.8 Å². The lowest BCUT2D eigenvalue weighted by Gasteiger charge is -2.09. The van der Waals surface area contributed by atoms with Crippen LogP contribution in [-0.2, 0) is 14.3 Å². The van der Waals surface area contributed by atoms with Crippen molar-refractivity contribution in [2.75, 3.05) is 20.3 Å². The molecule has 0 aliphatic rings. The van der Waals surface area contributed by atoms with Crippen LogP contribution in [0.4, 0.5) is 0 Å². The van der Waals surface area contributed by atoms with E-state index in [9.17, 15) is 9.59 Å². The van der Waals surface area contributed by atoms with Crippen molar-refractivity contribution >= 4 is 11.9 Å². The summed E-state index contributed by atoms with van der Waals surface area (Å²) in [5.41, 5.74) is 1.35. The number of esters is 2. The van der Waals surface area contributed by atoms with Crippen molar-refractivity contribution in [3.63, 3.8) is 0 Å². The number of hydrogen-bond acceptors (Lipinski definition) is 5. The van der Waals surface area contributed by atoms with Crippen LogP contribution in [0.5, 0.6) is 5.75 Å². The van der Waals surface area contributed by atoms with Crippen LogP contribution in [0.1, 0.15) is 42.1 Å². The van der Waals surface area contributed by atoms with Gasteiger partial charge < -0.3 is 14.2 Å². The number of methoxy groups -OCH3 is 1. The lowest BCUT2D eigenvalue weighted by atomic mass is 10.1. The summed E-state index contributed by atoms with van der Waals surface area (Å²) in [7, 11) is 1.36. The Hall–Kier alpha value is -2.04. The molecule has 0 aliphatic heterocycles. The molecule has 0 heterocycles. The third-order valence-corrected chi connectivity index (χ3v) is 2.95. The maximum absolute atomic E-state index is 11.5. The number of aryl methyl sites for hydroxylation is 1. The first-order chi connectivity index (χ1) is 10.1. The van der Waals surface area contributed by atoms with E-state index in [1.165, 1.54) is 7.11 Å². The minimum atomic E-state index is -0.353. The Morgan fingerprint density at radius 2 is 1.95 bits per heavy atom. The smallest absolute Gasteiger partial charge is 0.338 e. The lowest BCUT2D eigenvalue weighted by Crippen LogP contribution is -2.06. The second-order valence-electron chi connectivity index (χ2n) is 4.58. The van der Waals surface area contributed by atoms with Crippen molar-refractivity contribution in [2.24, 2.45) is 0 Å². The molecule has 5 heteroatoms. The van der Waals surface area contributed by atoms with Crippen LogP contribution in [-0.4, -0.2) is 32.3 Å². The van der Waals surface area contributed by atoms with E-state index in [0.29, 0.717) is 30.9 Å². The number of rotatable bonds is 8. The zero-order chi connectivity index (χ0) is 15.7. The first-order valence-electron chi connectivity index (χ1n) is 7.05. The lowest BCUT2D eigenvalue weighted by molar-refractivity contribution is -0.143. The summed E-state index contributed by atoms with van der Waals surface area (Å²) < 4.78 is 15.1. The molecule has 0 amide bonds. The first-order valence-corrected chi connectivity index (χ1v) is 7.05. The van der Waals surface area contributed by atoms with Gasteiger partial charge in [-0.3, -0.25) is 4.79 Å². The van der Waals surface area contributed by atoms with Crippen molar-refractivity contribution in [3.8, 4) is 5.75 Å². The van der Waals surface area contributed by atoms with Gasteiger partial charge in [-0.25, -0.2) is 4.79 Å². The number of carbonyl (C=O) groups is 2. The Labute approximate surface area is 125 Å². The fraction of sp³-hybridized carbons (Fsp3) is 0.500. The van der Waals surface area contributed by atoms with E-state index in [1.807, 2.05) is 6.92 Å². The molecule has 0 saturated carbocycles. The maximum atomic E-state index is 11.5. The van der Waals surface area contributed by atoms with Crippen LogP contribution in [0.25, 0.3) is 0 Å². The van der Waals surface area contributed by atoms with Gasteiger partial charge in [0.15, 0.2) is 0 Å². The largest absolute Gasteiger partial charge is 0.494 e. The van der Waals surface area contributed by atoms with E-state index in [0.717, 1.165) is 18.4 Å². The Morgan fingerprint density at radius 1 is 1.19 bits per heavy atom.